The summed E-state index contributed by atoms with van der Waals surface area (Å²) in [5.41, 5.74) is 2.48. The van der Waals surface area contributed by atoms with Crippen LogP contribution in [0.4, 0.5) is 0 Å². The van der Waals surface area contributed by atoms with Gasteiger partial charge in [0.15, 0.2) is 0 Å². The normalized spacial score (nSPS) is 20.4. The molecule has 0 saturated heterocycles. The molecule has 1 aliphatic heterocycles. The fraction of sp³-hybridized carbons (Fsp3) is 0.379. The molecule has 35 heavy (non-hydrogen) atoms. The average molecular weight is 472 g/mol. The molecule has 0 unspecified atom stereocenters. The van der Waals surface area contributed by atoms with Gasteiger partial charge in [-0.2, -0.15) is 0 Å². The summed E-state index contributed by atoms with van der Waals surface area (Å²) in [5.74, 6) is 0.511. The molecule has 5 rings (SSSR count). The quantitative estimate of drug-likeness (QED) is 0.549. The highest BCUT2D eigenvalue weighted by Gasteiger charge is 2.48. The van der Waals surface area contributed by atoms with Crippen LogP contribution >= 0.6 is 0 Å². The molecular formula is C29H33N3O3. The zero-order valence-corrected chi connectivity index (χ0v) is 20.5. The van der Waals surface area contributed by atoms with Gasteiger partial charge in [0.05, 0.1) is 13.7 Å². The Morgan fingerprint density at radius 1 is 1.00 bits per heavy atom. The summed E-state index contributed by atoms with van der Waals surface area (Å²) in [4.78, 5) is 29.6. The predicted molar refractivity (Wildman–Crippen MR) is 136 cm³/mol. The first-order valence-electron chi connectivity index (χ1n) is 12.5. The number of hydrogen-bond donors (Lipinski definition) is 1. The summed E-state index contributed by atoms with van der Waals surface area (Å²) in [6.07, 6.45) is 5.48. The van der Waals surface area contributed by atoms with Crippen molar-refractivity contribution in [2.75, 3.05) is 7.11 Å². The van der Waals surface area contributed by atoms with Crippen LogP contribution < -0.4 is 10.1 Å². The van der Waals surface area contributed by atoms with Crippen molar-refractivity contribution in [3.05, 3.63) is 78.0 Å². The zero-order chi connectivity index (χ0) is 24.4. The molecule has 1 N–H and O–H groups in total. The van der Waals surface area contributed by atoms with E-state index in [1.165, 1.54) is 6.42 Å². The molecule has 1 fully saturated rings. The maximum atomic E-state index is 13.9. The van der Waals surface area contributed by atoms with E-state index < -0.39 is 5.54 Å². The second-order valence-corrected chi connectivity index (χ2v) is 9.88. The number of hydrogen-bond acceptors (Lipinski definition) is 3. The molecule has 0 bridgehead atoms. The summed E-state index contributed by atoms with van der Waals surface area (Å²) in [5, 5.41) is 3.30. The maximum Gasteiger partial charge on any atom is 0.271 e. The maximum absolute atomic E-state index is 13.9. The third-order valence-electron chi connectivity index (χ3n) is 7.48. The van der Waals surface area contributed by atoms with E-state index in [-0.39, 0.29) is 17.9 Å². The lowest BCUT2D eigenvalue weighted by Crippen LogP contribution is -2.64. The lowest BCUT2D eigenvalue weighted by Gasteiger charge is -2.45. The Bertz CT molecular complexity index is 1210. The number of amides is 2. The SMILES string of the molecule is COc1cccc(CN2C(=O)c3ccc(-c4ccccc4)n3C[C@@]2(C)C(=O)NC2CCCCC2)c1. The fourth-order valence-electron chi connectivity index (χ4n) is 5.42. The molecule has 2 heterocycles. The predicted octanol–water partition coefficient (Wildman–Crippen LogP) is 5.03. The molecule has 0 radical (unpaired) electrons. The lowest BCUT2D eigenvalue weighted by atomic mass is 9.91. The molecule has 1 saturated carbocycles. The molecule has 1 aromatic heterocycles. The number of aromatic nitrogens is 1. The van der Waals surface area contributed by atoms with Gasteiger partial charge < -0.3 is 19.5 Å². The van der Waals surface area contributed by atoms with Gasteiger partial charge in [-0.05, 0) is 55.2 Å². The zero-order valence-electron chi connectivity index (χ0n) is 20.5. The van der Waals surface area contributed by atoms with Crippen LogP contribution in [0.2, 0.25) is 0 Å². The van der Waals surface area contributed by atoms with Crippen molar-refractivity contribution in [1.29, 1.82) is 0 Å². The number of methoxy groups -OCH3 is 1. The Kier molecular flexibility index (Phi) is 6.37. The smallest absolute Gasteiger partial charge is 0.271 e. The van der Waals surface area contributed by atoms with Gasteiger partial charge in [0.2, 0.25) is 5.91 Å². The Hall–Kier alpha value is -3.54. The van der Waals surface area contributed by atoms with Crippen molar-refractivity contribution >= 4 is 11.8 Å². The second kappa shape index (κ2) is 9.61. The van der Waals surface area contributed by atoms with Gasteiger partial charge >= 0.3 is 0 Å². The van der Waals surface area contributed by atoms with Gasteiger partial charge in [-0.15, -0.1) is 0 Å². The van der Waals surface area contributed by atoms with Crippen LogP contribution in [-0.4, -0.2) is 40.0 Å². The molecule has 3 aromatic rings. The average Bonchev–Trinajstić information content (AvgIpc) is 3.31. The number of ether oxygens (including phenoxy) is 1. The van der Waals surface area contributed by atoms with Crippen molar-refractivity contribution in [3.8, 4) is 17.0 Å². The largest absolute Gasteiger partial charge is 0.497 e. The van der Waals surface area contributed by atoms with E-state index in [9.17, 15) is 9.59 Å². The minimum atomic E-state index is -1.03. The van der Waals surface area contributed by atoms with E-state index in [1.54, 1.807) is 12.0 Å². The molecule has 6 heteroatoms. The molecule has 1 aliphatic carbocycles. The Morgan fingerprint density at radius 2 is 1.74 bits per heavy atom. The highest BCUT2D eigenvalue weighted by molar-refractivity contribution is 6.00. The highest BCUT2D eigenvalue weighted by atomic mass is 16.5. The first-order chi connectivity index (χ1) is 17.0. The molecule has 6 nitrogen and oxygen atoms in total. The first-order valence-corrected chi connectivity index (χ1v) is 12.5. The van der Waals surface area contributed by atoms with Crippen LogP contribution in [0.1, 0.15) is 55.1 Å². The van der Waals surface area contributed by atoms with Crippen LogP contribution in [0.3, 0.4) is 0 Å². The van der Waals surface area contributed by atoms with Crippen molar-refractivity contribution < 1.29 is 14.3 Å². The number of carbonyl (C=O) groups excluding carboxylic acids is 2. The highest BCUT2D eigenvalue weighted by Crippen LogP contribution is 2.35. The van der Waals surface area contributed by atoms with Crippen LogP contribution in [-0.2, 0) is 17.9 Å². The molecule has 2 aromatic carbocycles. The van der Waals surface area contributed by atoms with E-state index in [1.807, 2.05) is 78.2 Å². The van der Waals surface area contributed by atoms with Crippen LogP contribution in [0.5, 0.6) is 5.75 Å². The molecular weight excluding hydrogens is 438 g/mol. The second-order valence-electron chi connectivity index (χ2n) is 9.88. The number of carbonyl (C=O) groups is 2. The third kappa shape index (κ3) is 4.45. The molecule has 182 valence electrons. The molecule has 1 atom stereocenters. The standard InChI is InChI=1S/C29H33N3O3/c1-29(28(34)30-23-13-7-4-8-14-23)20-31-25(22-11-5-3-6-12-22)16-17-26(31)27(33)32(29)19-21-10-9-15-24(18-21)35-2/h3,5-6,9-12,15-18,23H,4,7-8,13-14,19-20H2,1-2H3,(H,30,34)/t29-/m0/s1. The van der Waals surface area contributed by atoms with Gasteiger partial charge in [0.1, 0.15) is 17.0 Å². The van der Waals surface area contributed by atoms with E-state index >= 15 is 0 Å². The molecule has 2 aliphatic rings. The van der Waals surface area contributed by atoms with Gasteiger partial charge in [0, 0.05) is 18.3 Å². The Balaban J connectivity index is 1.53. The van der Waals surface area contributed by atoms with Gasteiger partial charge in [0.25, 0.3) is 5.91 Å². The summed E-state index contributed by atoms with van der Waals surface area (Å²) in [6, 6.07) is 21.8. The van der Waals surface area contributed by atoms with Crippen molar-refractivity contribution in [3.63, 3.8) is 0 Å². The minimum Gasteiger partial charge on any atom is -0.497 e. The monoisotopic (exact) mass is 471 g/mol. The lowest BCUT2D eigenvalue weighted by molar-refractivity contribution is -0.134. The number of benzene rings is 2. The van der Waals surface area contributed by atoms with Gasteiger partial charge in [-0.25, -0.2) is 0 Å². The van der Waals surface area contributed by atoms with Crippen molar-refractivity contribution in [2.24, 2.45) is 0 Å². The van der Waals surface area contributed by atoms with E-state index in [0.29, 0.717) is 18.8 Å². The summed E-state index contributed by atoms with van der Waals surface area (Å²) < 4.78 is 7.41. The van der Waals surface area contributed by atoms with Gasteiger partial charge in [-0.1, -0.05) is 61.7 Å². The summed E-state index contributed by atoms with van der Waals surface area (Å²) >= 11 is 0. The molecule has 0 spiro atoms. The Labute approximate surface area is 206 Å². The van der Waals surface area contributed by atoms with Gasteiger partial charge in [-0.3, -0.25) is 9.59 Å². The number of nitrogens with zero attached hydrogens (tertiary/aromatic N) is 2. The number of fused-ring (bicyclic) bond motifs is 1. The summed E-state index contributed by atoms with van der Waals surface area (Å²) in [7, 11) is 1.63. The fourth-order valence-corrected chi connectivity index (χ4v) is 5.42. The van der Waals surface area contributed by atoms with Crippen LogP contribution in [0, 0.1) is 0 Å². The summed E-state index contributed by atoms with van der Waals surface area (Å²) in [6.45, 7) is 2.63. The van der Waals surface area contributed by atoms with Crippen molar-refractivity contribution in [1.82, 2.24) is 14.8 Å². The van der Waals surface area contributed by atoms with E-state index in [0.717, 1.165) is 48.3 Å². The Morgan fingerprint density at radius 3 is 2.49 bits per heavy atom. The first kappa shape index (κ1) is 23.2. The van der Waals surface area contributed by atoms with Crippen LogP contribution in [0.25, 0.3) is 11.3 Å². The minimum absolute atomic E-state index is 0.0843. The van der Waals surface area contributed by atoms with E-state index in [2.05, 4.69) is 5.32 Å². The number of nitrogens with one attached hydrogen (secondary N) is 1. The topological polar surface area (TPSA) is 63.6 Å². The third-order valence-corrected chi connectivity index (χ3v) is 7.48. The van der Waals surface area contributed by atoms with E-state index in [4.69, 9.17) is 4.74 Å². The molecule has 2 amide bonds. The van der Waals surface area contributed by atoms with Crippen molar-refractivity contribution in [2.45, 2.75) is 63.7 Å². The number of rotatable bonds is 6. The van der Waals surface area contributed by atoms with Crippen LogP contribution in [0.15, 0.2) is 66.7 Å².